The van der Waals surface area contributed by atoms with Gasteiger partial charge in [-0.25, -0.2) is 0 Å². The second-order valence-electron chi connectivity index (χ2n) is 6.69. The number of carboxylic acids is 1. The zero-order valence-corrected chi connectivity index (χ0v) is 12.5. The highest BCUT2D eigenvalue weighted by Gasteiger charge is 2.66. The number of aliphatic carboxylic acids is 1. The predicted molar refractivity (Wildman–Crippen MR) is 84.0 cm³/mol. The van der Waals surface area contributed by atoms with E-state index in [0.717, 1.165) is 17.5 Å². The maximum atomic E-state index is 11.7. The van der Waals surface area contributed by atoms with Gasteiger partial charge in [0.1, 0.15) is 0 Å². The van der Waals surface area contributed by atoms with E-state index in [-0.39, 0.29) is 5.41 Å². The molecule has 1 fully saturated rings. The Labute approximate surface area is 125 Å². The molecule has 1 unspecified atom stereocenters. The van der Waals surface area contributed by atoms with E-state index in [4.69, 9.17) is 0 Å². The molecular formula is C19H20O2. The molecule has 0 bridgehead atoms. The molecule has 0 amide bonds. The van der Waals surface area contributed by atoms with Crippen molar-refractivity contribution >= 4 is 5.97 Å². The molecule has 1 aliphatic carbocycles. The van der Waals surface area contributed by atoms with E-state index in [1.807, 2.05) is 44.2 Å². The Kier molecular flexibility index (Phi) is 3.12. The van der Waals surface area contributed by atoms with Gasteiger partial charge >= 0.3 is 5.97 Å². The molecule has 0 aliphatic heterocycles. The van der Waals surface area contributed by atoms with Gasteiger partial charge in [-0.1, -0.05) is 68.4 Å². The largest absolute Gasteiger partial charge is 0.481 e. The van der Waals surface area contributed by atoms with Crippen LogP contribution in [0, 0.1) is 10.8 Å². The molecule has 0 aromatic heterocycles. The zero-order valence-electron chi connectivity index (χ0n) is 12.5. The first kappa shape index (κ1) is 13.9. The van der Waals surface area contributed by atoms with Crippen LogP contribution in [0.4, 0.5) is 0 Å². The second-order valence-corrected chi connectivity index (χ2v) is 6.69. The van der Waals surface area contributed by atoms with Crippen LogP contribution in [0.25, 0.3) is 11.1 Å². The quantitative estimate of drug-likeness (QED) is 0.901. The van der Waals surface area contributed by atoms with Crippen molar-refractivity contribution < 1.29 is 9.90 Å². The predicted octanol–water partition coefficient (Wildman–Crippen LogP) is 4.40. The van der Waals surface area contributed by atoms with Crippen molar-refractivity contribution in [2.45, 2.75) is 26.7 Å². The van der Waals surface area contributed by atoms with E-state index >= 15 is 0 Å². The van der Waals surface area contributed by atoms with E-state index in [9.17, 15) is 9.90 Å². The van der Waals surface area contributed by atoms with Gasteiger partial charge in [-0.05, 0) is 34.9 Å². The van der Waals surface area contributed by atoms with Gasteiger partial charge in [0.05, 0.1) is 5.41 Å². The molecular weight excluding hydrogens is 260 g/mol. The maximum absolute atomic E-state index is 11.7. The zero-order chi connectivity index (χ0) is 15.1. The van der Waals surface area contributed by atoms with Crippen LogP contribution >= 0.6 is 0 Å². The highest BCUT2D eigenvalue weighted by molar-refractivity contribution is 5.80. The van der Waals surface area contributed by atoms with Crippen molar-refractivity contribution in [2.75, 3.05) is 0 Å². The first-order valence-electron chi connectivity index (χ1n) is 7.32. The first-order valence-corrected chi connectivity index (χ1v) is 7.32. The van der Waals surface area contributed by atoms with Crippen molar-refractivity contribution in [3.8, 4) is 11.1 Å². The van der Waals surface area contributed by atoms with Crippen molar-refractivity contribution in [2.24, 2.45) is 10.8 Å². The topological polar surface area (TPSA) is 37.3 Å². The lowest BCUT2D eigenvalue weighted by molar-refractivity contribution is -0.144. The fraction of sp³-hybridized carbons (Fsp3) is 0.316. The molecule has 2 aromatic carbocycles. The normalized spacial score (nSPS) is 22.8. The summed E-state index contributed by atoms with van der Waals surface area (Å²) in [6, 6.07) is 18.4. The van der Waals surface area contributed by atoms with Gasteiger partial charge in [0.2, 0.25) is 0 Å². The average Bonchev–Trinajstić information content (AvgIpc) is 3.03. The summed E-state index contributed by atoms with van der Waals surface area (Å²) in [5.41, 5.74) is 2.71. The molecule has 1 saturated carbocycles. The molecule has 1 N–H and O–H groups in total. The van der Waals surface area contributed by atoms with Crippen LogP contribution in [0.2, 0.25) is 0 Å². The number of benzene rings is 2. The Bertz CT molecular complexity index is 673. The number of carbonyl (C=O) groups is 1. The monoisotopic (exact) mass is 280 g/mol. The van der Waals surface area contributed by atoms with Crippen molar-refractivity contribution in [1.82, 2.24) is 0 Å². The van der Waals surface area contributed by atoms with Gasteiger partial charge in [-0.2, -0.15) is 0 Å². The SMILES string of the molecule is CC1(C)CC1(Cc1cccc(-c2ccccc2)c1)C(=O)O. The lowest BCUT2D eigenvalue weighted by Gasteiger charge is -2.16. The molecule has 2 aromatic rings. The summed E-state index contributed by atoms with van der Waals surface area (Å²) in [5.74, 6) is -0.669. The van der Waals surface area contributed by atoms with Gasteiger partial charge in [0.15, 0.2) is 0 Å². The lowest BCUT2D eigenvalue weighted by atomic mass is 9.88. The number of hydrogen-bond donors (Lipinski definition) is 1. The summed E-state index contributed by atoms with van der Waals surface area (Å²) < 4.78 is 0. The molecule has 0 saturated heterocycles. The second kappa shape index (κ2) is 4.73. The van der Waals surface area contributed by atoms with Crippen LogP contribution in [0.5, 0.6) is 0 Å². The molecule has 3 rings (SSSR count). The van der Waals surface area contributed by atoms with Crippen molar-refractivity contribution in [1.29, 1.82) is 0 Å². The smallest absolute Gasteiger partial charge is 0.310 e. The fourth-order valence-corrected chi connectivity index (χ4v) is 3.29. The first-order chi connectivity index (χ1) is 9.95. The minimum Gasteiger partial charge on any atom is -0.481 e. The molecule has 1 atom stereocenters. The Morgan fingerprint density at radius 1 is 1.05 bits per heavy atom. The molecule has 0 radical (unpaired) electrons. The Hall–Kier alpha value is -2.09. The average molecular weight is 280 g/mol. The summed E-state index contributed by atoms with van der Waals surface area (Å²) in [5, 5.41) is 9.59. The van der Waals surface area contributed by atoms with Gasteiger partial charge in [-0.15, -0.1) is 0 Å². The van der Waals surface area contributed by atoms with Gasteiger partial charge in [0, 0.05) is 0 Å². The standard InChI is InChI=1S/C19H20O2/c1-18(2)13-19(18,17(20)21)12-14-7-6-10-16(11-14)15-8-4-3-5-9-15/h3-11H,12-13H2,1-2H3,(H,20,21). The van der Waals surface area contributed by atoms with E-state index in [2.05, 4.69) is 24.3 Å². The van der Waals surface area contributed by atoms with Crippen LogP contribution in [0.15, 0.2) is 54.6 Å². The number of carboxylic acid groups (broad SMARTS) is 1. The van der Waals surface area contributed by atoms with Crippen LogP contribution in [0.3, 0.4) is 0 Å². The maximum Gasteiger partial charge on any atom is 0.310 e. The van der Waals surface area contributed by atoms with E-state index < -0.39 is 11.4 Å². The van der Waals surface area contributed by atoms with Crippen LogP contribution in [-0.4, -0.2) is 11.1 Å². The van der Waals surface area contributed by atoms with E-state index in [1.54, 1.807) is 0 Å². The number of hydrogen-bond acceptors (Lipinski definition) is 1. The number of rotatable bonds is 4. The molecule has 2 nitrogen and oxygen atoms in total. The third-order valence-corrected chi connectivity index (χ3v) is 4.86. The van der Waals surface area contributed by atoms with Gasteiger partial charge in [0.25, 0.3) is 0 Å². The van der Waals surface area contributed by atoms with Crippen LogP contribution in [0.1, 0.15) is 25.8 Å². The summed E-state index contributed by atoms with van der Waals surface area (Å²) in [4.78, 5) is 11.7. The fourth-order valence-electron chi connectivity index (χ4n) is 3.29. The highest BCUT2D eigenvalue weighted by atomic mass is 16.4. The third kappa shape index (κ3) is 2.35. The molecule has 0 heterocycles. The van der Waals surface area contributed by atoms with E-state index in [1.165, 1.54) is 5.56 Å². The molecule has 21 heavy (non-hydrogen) atoms. The van der Waals surface area contributed by atoms with Gasteiger partial charge < -0.3 is 5.11 Å². The molecule has 2 heteroatoms. The van der Waals surface area contributed by atoms with Crippen molar-refractivity contribution in [3.63, 3.8) is 0 Å². The minimum absolute atomic E-state index is 0.110. The minimum atomic E-state index is -0.669. The third-order valence-electron chi connectivity index (χ3n) is 4.86. The van der Waals surface area contributed by atoms with Crippen LogP contribution in [-0.2, 0) is 11.2 Å². The lowest BCUT2D eigenvalue weighted by Crippen LogP contribution is -2.23. The van der Waals surface area contributed by atoms with Gasteiger partial charge in [-0.3, -0.25) is 4.79 Å². The Balaban J connectivity index is 1.90. The molecule has 108 valence electrons. The Morgan fingerprint density at radius 3 is 2.24 bits per heavy atom. The molecule has 1 aliphatic rings. The summed E-state index contributed by atoms with van der Waals surface area (Å²) in [6.45, 7) is 4.09. The van der Waals surface area contributed by atoms with Crippen LogP contribution < -0.4 is 0 Å². The van der Waals surface area contributed by atoms with E-state index in [0.29, 0.717) is 6.42 Å². The summed E-state index contributed by atoms with van der Waals surface area (Å²) in [7, 11) is 0. The van der Waals surface area contributed by atoms with Crippen molar-refractivity contribution in [3.05, 3.63) is 60.2 Å². The summed E-state index contributed by atoms with van der Waals surface area (Å²) >= 11 is 0. The summed E-state index contributed by atoms with van der Waals surface area (Å²) in [6.07, 6.45) is 1.36. The molecule has 0 spiro atoms. The highest BCUT2D eigenvalue weighted by Crippen LogP contribution is 2.65. The Morgan fingerprint density at radius 2 is 1.67 bits per heavy atom.